The van der Waals surface area contributed by atoms with E-state index in [1.54, 1.807) is 36.4 Å². The molecule has 0 bridgehead atoms. The molecule has 4 heteroatoms. The second-order valence-corrected chi connectivity index (χ2v) is 3.47. The van der Waals surface area contributed by atoms with Gasteiger partial charge in [0, 0.05) is 5.56 Å². The minimum Gasteiger partial charge on any atom is -0.211 e. The summed E-state index contributed by atoms with van der Waals surface area (Å²) in [6.45, 7) is 0. The zero-order valence-electron chi connectivity index (χ0n) is 9.33. The van der Waals surface area contributed by atoms with Gasteiger partial charge in [0.05, 0.1) is 11.4 Å². The van der Waals surface area contributed by atoms with Crippen molar-refractivity contribution in [1.29, 1.82) is 0 Å². The van der Waals surface area contributed by atoms with Crippen molar-refractivity contribution in [2.45, 2.75) is 0 Å². The van der Waals surface area contributed by atoms with Gasteiger partial charge < -0.3 is 0 Å². The topological polar surface area (TPSA) is 58.9 Å². The summed E-state index contributed by atoms with van der Waals surface area (Å²) in [5.41, 5.74) is 2.79. The van der Waals surface area contributed by atoms with Gasteiger partial charge in [0.25, 0.3) is 0 Å². The lowest BCUT2D eigenvalue weighted by Gasteiger charge is -2.04. The third kappa shape index (κ3) is 2.47. The minimum atomic E-state index is 0.533. The molecule has 4 nitrogen and oxygen atoms in total. The van der Waals surface area contributed by atoms with Gasteiger partial charge in [-0.25, -0.2) is 9.59 Å². The Kier molecular flexibility index (Phi) is 3.57. The highest BCUT2D eigenvalue weighted by Crippen LogP contribution is 2.30. The Morgan fingerprint density at radius 1 is 0.778 bits per heavy atom. The molecule has 0 saturated heterocycles. The Morgan fingerprint density at radius 3 is 2.11 bits per heavy atom. The monoisotopic (exact) mass is 236 g/mol. The van der Waals surface area contributed by atoms with Crippen molar-refractivity contribution in [3.63, 3.8) is 0 Å². The maximum atomic E-state index is 10.3. The SMILES string of the molecule is O=C=Nc1ccc(-c2ccccc2N=C=O)cc1. The van der Waals surface area contributed by atoms with Gasteiger partial charge in [-0.05, 0) is 23.8 Å². The van der Waals surface area contributed by atoms with Crippen LogP contribution in [0, 0.1) is 0 Å². The molecular formula is C14H8N2O2. The van der Waals surface area contributed by atoms with Crippen LogP contribution in [0.5, 0.6) is 0 Å². The summed E-state index contributed by atoms with van der Waals surface area (Å²) in [5, 5.41) is 0. The van der Waals surface area contributed by atoms with Crippen LogP contribution in [-0.4, -0.2) is 12.2 Å². The van der Waals surface area contributed by atoms with Crippen LogP contribution in [-0.2, 0) is 9.59 Å². The molecule has 0 atom stereocenters. The average molecular weight is 236 g/mol. The van der Waals surface area contributed by atoms with Crippen molar-refractivity contribution < 1.29 is 9.59 Å². The molecule has 0 aliphatic rings. The van der Waals surface area contributed by atoms with Crippen molar-refractivity contribution in [2.24, 2.45) is 9.98 Å². The lowest BCUT2D eigenvalue weighted by Crippen LogP contribution is -1.78. The molecule has 0 fully saturated rings. The molecule has 86 valence electrons. The quantitative estimate of drug-likeness (QED) is 0.606. The van der Waals surface area contributed by atoms with Gasteiger partial charge in [-0.15, -0.1) is 0 Å². The van der Waals surface area contributed by atoms with Crippen LogP contribution in [0.25, 0.3) is 11.1 Å². The van der Waals surface area contributed by atoms with Gasteiger partial charge in [0.1, 0.15) is 0 Å². The first-order valence-electron chi connectivity index (χ1n) is 5.20. The van der Waals surface area contributed by atoms with Crippen molar-refractivity contribution in [2.75, 3.05) is 0 Å². The lowest BCUT2D eigenvalue weighted by molar-refractivity contribution is 0.564. The number of nitrogens with zero attached hydrogens (tertiary/aromatic N) is 2. The van der Waals surface area contributed by atoms with Gasteiger partial charge in [0.2, 0.25) is 12.2 Å². The summed E-state index contributed by atoms with van der Waals surface area (Å²) < 4.78 is 0. The van der Waals surface area contributed by atoms with Crippen molar-refractivity contribution >= 4 is 23.5 Å². The standard InChI is InChI=1S/C14H8N2O2/c17-9-15-12-7-5-11(6-8-12)13-3-1-2-4-14(13)16-10-18/h1-8H. The molecule has 0 heterocycles. The second kappa shape index (κ2) is 5.51. The van der Waals surface area contributed by atoms with E-state index in [1.165, 1.54) is 12.2 Å². The summed E-state index contributed by atoms with van der Waals surface area (Å²) >= 11 is 0. The smallest absolute Gasteiger partial charge is 0.211 e. The molecule has 0 aliphatic heterocycles. The van der Waals surface area contributed by atoms with Gasteiger partial charge in [-0.1, -0.05) is 30.3 Å². The molecule has 2 aromatic rings. The van der Waals surface area contributed by atoms with E-state index in [0.29, 0.717) is 11.4 Å². The summed E-state index contributed by atoms with van der Waals surface area (Å²) in [7, 11) is 0. The van der Waals surface area contributed by atoms with E-state index >= 15 is 0 Å². The van der Waals surface area contributed by atoms with E-state index in [1.807, 2.05) is 12.1 Å². The number of rotatable bonds is 3. The first-order valence-corrected chi connectivity index (χ1v) is 5.20. The predicted octanol–water partition coefficient (Wildman–Crippen LogP) is 3.29. The van der Waals surface area contributed by atoms with Crippen LogP contribution in [0.1, 0.15) is 0 Å². The Balaban J connectivity index is 2.48. The van der Waals surface area contributed by atoms with Crippen LogP contribution in [0.4, 0.5) is 11.4 Å². The van der Waals surface area contributed by atoms with Crippen LogP contribution in [0.2, 0.25) is 0 Å². The van der Waals surface area contributed by atoms with Crippen molar-refractivity contribution in [3.05, 3.63) is 48.5 Å². The highest BCUT2D eigenvalue weighted by molar-refractivity contribution is 5.78. The average Bonchev–Trinajstić information content (AvgIpc) is 2.41. The van der Waals surface area contributed by atoms with E-state index in [9.17, 15) is 9.59 Å². The third-order valence-electron chi connectivity index (χ3n) is 2.42. The van der Waals surface area contributed by atoms with Gasteiger partial charge in [-0.3, -0.25) is 0 Å². The van der Waals surface area contributed by atoms with Gasteiger partial charge in [-0.2, -0.15) is 9.98 Å². The fourth-order valence-corrected chi connectivity index (χ4v) is 1.63. The number of benzene rings is 2. The molecule has 0 saturated carbocycles. The van der Waals surface area contributed by atoms with Crippen LogP contribution in [0.3, 0.4) is 0 Å². The van der Waals surface area contributed by atoms with Gasteiger partial charge in [0.15, 0.2) is 0 Å². The van der Waals surface area contributed by atoms with Crippen LogP contribution in [0.15, 0.2) is 58.5 Å². The van der Waals surface area contributed by atoms with Crippen LogP contribution < -0.4 is 0 Å². The zero-order valence-corrected chi connectivity index (χ0v) is 9.33. The molecule has 2 rings (SSSR count). The normalized spacial score (nSPS) is 9.11. The van der Waals surface area contributed by atoms with Crippen molar-refractivity contribution in [1.82, 2.24) is 0 Å². The zero-order chi connectivity index (χ0) is 12.8. The van der Waals surface area contributed by atoms with E-state index in [-0.39, 0.29) is 0 Å². The summed E-state index contributed by atoms with van der Waals surface area (Å²) in [5.74, 6) is 0. The first kappa shape index (κ1) is 11.7. The maximum Gasteiger partial charge on any atom is 0.240 e. The van der Waals surface area contributed by atoms with Crippen LogP contribution >= 0.6 is 0 Å². The number of hydrogen-bond donors (Lipinski definition) is 0. The van der Waals surface area contributed by atoms with E-state index in [0.717, 1.165) is 11.1 Å². The summed E-state index contributed by atoms with van der Waals surface area (Å²) in [6.07, 6.45) is 3.01. The number of aliphatic imine (C=N–C) groups is 2. The van der Waals surface area contributed by atoms with Gasteiger partial charge >= 0.3 is 0 Å². The predicted molar refractivity (Wildman–Crippen MR) is 67.4 cm³/mol. The Hall–Kier alpha value is -2.80. The molecule has 0 spiro atoms. The molecule has 0 unspecified atom stereocenters. The first-order chi connectivity index (χ1) is 8.85. The molecule has 18 heavy (non-hydrogen) atoms. The summed E-state index contributed by atoms with van der Waals surface area (Å²) in [4.78, 5) is 27.6. The molecule has 0 N–H and O–H groups in total. The second-order valence-electron chi connectivity index (χ2n) is 3.47. The fraction of sp³-hybridized carbons (Fsp3) is 0. The Morgan fingerprint density at radius 2 is 1.44 bits per heavy atom. The molecule has 0 aliphatic carbocycles. The maximum absolute atomic E-state index is 10.3. The Labute approximate surface area is 103 Å². The van der Waals surface area contributed by atoms with E-state index < -0.39 is 0 Å². The highest BCUT2D eigenvalue weighted by atomic mass is 16.1. The number of isocyanates is 2. The van der Waals surface area contributed by atoms with E-state index in [2.05, 4.69) is 9.98 Å². The third-order valence-corrected chi connectivity index (χ3v) is 2.42. The highest BCUT2D eigenvalue weighted by Gasteiger charge is 2.03. The lowest BCUT2D eigenvalue weighted by atomic mass is 10.0. The largest absolute Gasteiger partial charge is 0.240 e. The molecular weight excluding hydrogens is 228 g/mol. The number of para-hydroxylation sites is 1. The Bertz CT molecular complexity index is 650. The molecule has 0 aromatic heterocycles. The number of carbonyl (C=O) groups excluding carboxylic acids is 2. The molecule has 0 amide bonds. The molecule has 2 aromatic carbocycles. The van der Waals surface area contributed by atoms with E-state index in [4.69, 9.17) is 0 Å². The van der Waals surface area contributed by atoms with Crippen molar-refractivity contribution in [3.8, 4) is 11.1 Å². The fourth-order valence-electron chi connectivity index (χ4n) is 1.63. The minimum absolute atomic E-state index is 0.533. The number of hydrogen-bond acceptors (Lipinski definition) is 4. The molecule has 0 radical (unpaired) electrons. The summed E-state index contributed by atoms with van der Waals surface area (Å²) in [6, 6.07) is 14.2.